The molecule has 1 aliphatic rings. The molecule has 0 amide bonds. The number of anilines is 3. The van der Waals surface area contributed by atoms with Gasteiger partial charge in [0.2, 0.25) is 0 Å². The number of unbranched alkanes of at least 4 members (excludes halogenated alkanes) is 7. The van der Waals surface area contributed by atoms with Gasteiger partial charge in [-0.3, -0.25) is 0 Å². The van der Waals surface area contributed by atoms with Crippen LogP contribution in [0.2, 0.25) is 0 Å². The number of halogens is 1. The van der Waals surface area contributed by atoms with Crippen molar-refractivity contribution in [2.24, 2.45) is 0 Å². The third-order valence-electron chi connectivity index (χ3n) is 13.8. The topological polar surface area (TPSA) is 3.24 Å². The van der Waals surface area contributed by atoms with Crippen LogP contribution in [0.4, 0.5) is 17.1 Å². The van der Waals surface area contributed by atoms with Crippen LogP contribution in [-0.2, 0) is 14.3 Å². The van der Waals surface area contributed by atoms with Crippen molar-refractivity contribution in [2.75, 3.05) is 4.90 Å². The first-order valence-electron chi connectivity index (χ1n) is 23.5. The normalized spacial score (nSPS) is 15.6. The van der Waals surface area contributed by atoms with E-state index in [1.807, 2.05) is 0 Å². The molecular weight excluding hydrogens is 826 g/mol. The van der Waals surface area contributed by atoms with Crippen molar-refractivity contribution in [3.05, 3.63) is 137 Å². The zero-order chi connectivity index (χ0) is 42.2. The molecule has 0 N–H and O–H groups in total. The van der Waals surface area contributed by atoms with Gasteiger partial charge in [-0.25, -0.2) is 0 Å². The van der Waals surface area contributed by atoms with Gasteiger partial charge in [0.15, 0.2) is 0 Å². The van der Waals surface area contributed by atoms with E-state index in [0.717, 1.165) is 6.42 Å². The Morgan fingerprint density at radius 2 is 0.966 bits per heavy atom. The summed E-state index contributed by atoms with van der Waals surface area (Å²) in [5.41, 5.74) is 16.7. The summed E-state index contributed by atoms with van der Waals surface area (Å²) >= 11 is 2.87. The van der Waals surface area contributed by atoms with Gasteiger partial charge in [0, 0.05) is 17.1 Å². The minimum Gasteiger partial charge on any atom is -0.311 e. The van der Waals surface area contributed by atoms with E-state index in [1.165, 1.54) is 151 Å². The molecule has 1 nitrogen and oxygen atoms in total. The maximum Gasteiger partial charge on any atom is 0.0731 e. The Kier molecular flexibility index (Phi) is 15.3. The molecule has 0 fully saturated rings. The average molecular weight is 900 g/mol. The number of fused-ring (bicyclic) bond motifs is 3. The fourth-order valence-corrected chi connectivity index (χ4v) is 10.7. The second kappa shape index (κ2) is 20.0. The molecule has 0 aliphatic heterocycles. The standard InChI is InChI=1S/C57H74IN/c1-10-14-17-18-19-20-39-57(58)53-40-45(25-35-51(53)52-36-28-47(41-54(52)57)56(8,9)38-16-12-3)44-23-31-49(32-24-44)59(48-29-21-43(22-30-48)42(5)13-4)50-33-26-46(27-34-50)55(6,7)37-15-11-2/h21-36,40-42H,10-20,37-39H2,1-9H3. The monoisotopic (exact) mass is 899 g/mol. The summed E-state index contributed by atoms with van der Waals surface area (Å²) in [6.07, 6.45) is 17.7. The summed E-state index contributed by atoms with van der Waals surface area (Å²) < 4.78 is -0.0323. The largest absolute Gasteiger partial charge is 0.311 e. The minimum absolute atomic E-state index is 0.0323. The Hall–Kier alpha value is -3.37. The first kappa shape index (κ1) is 45.2. The molecule has 0 saturated heterocycles. The van der Waals surface area contributed by atoms with E-state index >= 15 is 0 Å². The van der Waals surface area contributed by atoms with Gasteiger partial charge in [0.25, 0.3) is 0 Å². The number of hydrogen-bond acceptors (Lipinski definition) is 1. The van der Waals surface area contributed by atoms with Gasteiger partial charge in [0.1, 0.15) is 0 Å². The Morgan fingerprint density at radius 3 is 1.54 bits per heavy atom. The zero-order valence-corrected chi connectivity index (χ0v) is 40.4. The lowest BCUT2D eigenvalue weighted by molar-refractivity contribution is 0.457. The SMILES string of the molecule is CCCCCCCCC1(I)c2cc(-c3ccc(N(c4ccc(C(C)CC)cc4)c4ccc(C(C)(C)CCCC)cc4)cc3)ccc2-c2ccc(C(C)(C)CCCC)cc21. The summed E-state index contributed by atoms with van der Waals surface area (Å²) in [7, 11) is 0. The van der Waals surface area contributed by atoms with Gasteiger partial charge in [-0.15, -0.1) is 0 Å². The molecule has 0 bridgehead atoms. The van der Waals surface area contributed by atoms with Crippen LogP contribution in [0.5, 0.6) is 0 Å². The number of hydrogen-bond donors (Lipinski definition) is 0. The summed E-state index contributed by atoms with van der Waals surface area (Å²) in [6.45, 7) is 21.2. The summed E-state index contributed by atoms with van der Waals surface area (Å²) in [6, 6.07) is 42.8. The van der Waals surface area contributed by atoms with Gasteiger partial charge < -0.3 is 4.90 Å². The Morgan fingerprint density at radius 1 is 0.508 bits per heavy atom. The lowest BCUT2D eigenvalue weighted by Crippen LogP contribution is -2.20. The van der Waals surface area contributed by atoms with Crippen molar-refractivity contribution in [3.8, 4) is 22.3 Å². The second-order valence-electron chi connectivity index (χ2n) is 19.1. The van der Waals surface area contributed by atoms with Gasteiger partial charge in [-0.1, -0.05) is 216 Å². The minimum atomic E-state index is -0.0323. The third kappa shape index (κ3) is 10.2. The van der Waals surface area contributed by atoms with Crippen molar-refractivity contribution in [1.29, 1.82) is 0 Å². The Bertz CT molecular complexity index is 2090. The molecule has 314 valence electrons. The molecule has 5 aromatic carbocycles. The zero-order valence-electron chi connectivity index (χ0n) is 38.2. The van der Waals surface area contributed by atoms with E-state index in [0.29, 0.717) is 5.92 Å². The molecule has 1 aliphatic carbocycles. The molecule has 5 aromatic rings. The Balaban J connectivity index is 1.35. The summed E-state index contributed by atoms with van der Waals surface area (Å²) in [5.74, 6) is 0.549. The summed E-state index contributed by atoms with van der Waals surface area (Å²) in [4.78, 5) is 2.43. The number of benzene rings is 5. The van der Waals surface area contributed by atoms with Crippen LogP contribution >= 0.6 is 22.6 Å². The smallest absolute Gasteiger partial charge is 0.0731 e. The van der Waals surface area contributed by atoms with E-state index < -0.39 is 0 Å². The van der Waals surface area contributed by atoms with Crippen LogP contribution < -0.4 is 4.90 Å². The van der Waals surface area contributed by atoms with Gasteiger partial charge in [-0.2, -0.15) is 0 Å². The predicted octanol–water partition coefficient (Wildman–Crippen LogP) is 18.7. The molecule has 59 heavy (non-hydrogen) atoms. The van der Waals surface area contributed by atoms with E-state index in [1.54, 1.807) is 0 Å². The lowest BCUT2D eigenvalue weighted by Gasteiger charge is -2.30. The van der Waals surface area contributed by atoms with Crippen molar-refractivity contribution in [3.63, 3.8) is 0 Å². The highest BCUT2D eigenvalue weighted by molar-refractivity contribution is 14.1. The molecule has 0 heterocycles. The summed E-state index contributed by atoms with van der Waals surface area (Å²) in [5, 5.41) is 0. The molecule has 0 saturated carbocycles. The van der Waals surface area contributed by atoms with Gasteiger partial charge in [0.05, 0.1) is 3.42 Å². The van der Waals surface area contributed by atoms with Crippen molar-refractivity contribution in [1.82, 2.24) is 0 Å². The highest BCUT2D eigenvalue weighted by Gasteiger charge is 2.41. The first-order chi connectivity index (χ1) is 28.4. The van der Waals surface area contributed by atoms with Crippen LogP contribution in [-0.4, -0.2) is 0 Å². The first-order valence-corrected chi connectivity index (χ1v) is 24.5. The van der Waals surface area contributed by atoms with E-state index in [2.05, 4.69) is 199 Å². The number of rotatable bonds is 21. The molecule has 6 rings (SSSR count). The van der Waals surface area contributed by atoms with Crippen LogP contribution in [0.3, 0.4) is 0 Å². The van der Waals surface area contributed by atoms with Gasteiger partial charge in [-0.05, 0) is 135 Å². The maximum absolute atomic E-state index is 2.87. The van der Waals surface area contributed by atoms with Crippen LogP contribution in [0, 0.1) is 0 Å². The maximum atomic E-state index is 2.87. The average Bonchev–Trinajstić information content (AvgIpc) is 3.50. The van der Waals surface area contributed by atoms with Crippen LogP contribution in [0.25, 0.3) is 22.3 Å². The number of alkyl halides is 1. The van der Waals surface area contributed by atoms with Crippen molar-refractivity contribution < 1.29 is 0 Å². The molecule has 0 spiro atoms. The quantitative estimate of drug-likeness (QED) is 0.0403. The molecule has 0 aromatic heterocycles. The lowest BCUT2D eigenvalue weighted by atomic mass is 9.78. The Labute approximate surface area is 374 Å². The highest BCUT2D eigenvalue weighted by atomic mass is 127. The van der Waals surface area contributed by atoms with Crippen LogP contribution in [0.15, 0.2) is 109 Å². The fourth-order valence-electron chi connectivity index (χ4n) is 9.40. The second-order valence-corrected chi connectivity index (χ2v) is 21.0. The fraction of sp³-hybridized carbons (Fsp3) is 0.474. The molecule has 2 unspecified atom stereocenters. The van der Waals surface area contributed by atoms with Crippen molar-refractivity contribution in [2.45, 2.75) is 172 Å². The van der Waals surface area contributed by atoms with E-state index in [-0.39, 0.29) is 14.3 Å². The molecule has 2 atom stereocenters. The van der Waals surface area contributed by atoms with Gasteiger partial charge >= 0.3 is 0 Å². The van der Waals surface area contributed by atoms with E-state index in [9.17, 15) is 0 Å². The highest BCUT2D eigenvalue weighted by Crippen LogP contribution is 2.57. The molecule has 2 heteroatoms. The molecule has 0 radical (unpaired) electrons. The number of nitrogens with zero attached hydrogens (tertiary/aromatic N) is 1. The third-order valence-corrected chi connectivity index (χ3v) is 15.6. The van der Waals surface area contributed by atoms with Crippen molar-refractivity contribution >= 4 is 39.7 Å². The predicted molar refractivity (Wildman–Crippen MR) is 269 cm³/mol. The molecular formula is C57H74IN. The van der Waals surface area contributed by atoms with Crippen LogP contribution in [0.1, 0.15) is 186 Å². The van der Waals surface area contributed by atoms with E-state index in [4.69, 9.17) is 0 Å².